The molecular formula is C7H14O6. The van der Waals surface area contributed by atoms with Gasteiger partial charge in [-0.25, -0.2) is 0 Å². The molecule has 0 unspecified atom stereocenters. The van der Waals surface area contributed by atoms with Gasteiger partial charge in [-0.2, -0.15) is 0 Å². The fourth-order valence-corrected chi connectivity index (χ4v) is 1.31. The van der Waals surface area contributed by atoms with Crippen molar-refractivity contribution in [2.24, 2.45) is 0 Å². The second kappa shape index (κ2) is 4.32. The number of ether oxygens (including phenoxy) is 2. The fourth-order valence-electron chi connectivity index (χ4n) is 1.31. The third kappa shape index (κ3) is 1.98. The maximum atomic E-state index is 9.33. The van der Waals surface area contributed by atoms with Gasteiger partial charge in [-0.05, 0) is 0 Å². The average Bonchev–Trinajstić information content (AvgIpc) is 2.36. The fraction of sp³-hybridized carbons (Fsp3) is 1.00. The van der Waals surface area contributed by atoms with E-state index in [1.165, 1.54) is 7.11 Å². The molecule has 5 atom stereocenters. The highest BCUT2D eigenvalue weighted by atomic mass is 16.7. The minimum atomic E-state index is -1.43. The molecule has 0 aliphatic carbocycles. The first-order chi connectivity index (χ1) is 6.11. The lowest BCUT2D eigenvalue weighted by atomic mass is 10.1. The van der Waals surface area contributed by atoms with Crippen LogP contribution in [0.1, 0.15) is 0 Å². The Hall–Kier alpha value is -0.240. The second-order valence-corrected chi connectivity index (χ2v) is 2.93. The van der Waals surface area contributed by atoms with Crippen LogP contribution in [-0.4, -0.2) is 64.8 Å². The first kappa shape index (κ1) is 10.8. The zero-order valence-corrected chi connectivity index (χ0v) is 7.20. The van der Waals surface area contributed by atoms with Crippen LogP contribution in [0.3, 0.4) is 0 Å². The van der Waals surface area contributed by atoms with Gasteiger partial charge in [-0.1, -0.05) is 0 Å². The lowest BCUT2D eigenvalue weighted by molar-refractivity contribution is -0.155. The molecule has 1 heterocycles. The van der Waals surface area contributed by atoms with E-state index < -0.39 is 30.7 Å². The summed E-state index contributed by atoms with van der Waals surface area (Å²) in [5, 5.41) is 36.3. The molecule has 1 rings (SSSR count). The van der Waals surface area contributed by atoms with Crippen LogP contribution in [0.15, 0.2) is 0 Å². The Kier molecular flexibility index (Phi) is 3.60. The summed E-state index contributed by atoms with van der Waals surface area (Å²) in [5.41, 5.74) is 0. The summed E-state index contributed by atoms with van der Waals surface area (Å²) in [6, 6.07) is 0. The van der Waals surface area contributed by atoms with E-state index in [1.54, 1.807) is 0 Å². The number of methoxy groups -OCH3 is 1. The van der Waals surface area contributed by atoms with Crippen molar-refractivity contribution in [2.45, 2.75) is 30.7 Å². The average molecular weight is 194 g/mol. The summed E-state index contributed by atoms with van der Waals surface area (Å²) >= 11 is 0. The molecule has 0 amide bonds. The summed E-state index contributed by atoms with van der Waals surface area (Å²) in [7, 11) is 1.34. The van der Waals surface area contributed by atoms with Gasteiger partial charge in [0.2, 0.25) is 0 Å². The highest BCUT2D eigenvalue weighted by Gasteiger charge is 2.45. The van der Waals surface area contributed by atoms with Gasteiger partial charge in [0.1, 0.15) is 24.4 Å². The summed E-state index contributed by atoms with van der Waals surface area (Å²) in [4.78, 5) is 0. The first-order valence-corrected chi connectivity index (χ1v) is 3.95. The van der Waals surface area contributed by atoms with E-state index >= 15 is 0 Å². The van der Waals surface area contributed by atoms with Crippen LogP contribution in [0.5, 0.6) is 0 Å². The van der Waals surface area contributed by atoms with Gasteiger partial charge >= 0.3 is 0 Å². The smallest absolute Gasteiger partial charge is 0.184 e. The normalized spacial score (nSPS) is 42.2. The molecule has 1 saturated heterocycles. The van der Waals surface area contributed by atoms with Crippen LogP contribution < -0.4 is 0 Å². The zero-order valence-electron chi connectivity index (χ0n) is 7.20. The Balaban J connectivity index is 2.61. The van der Waals surface area contributed by atoms with Crippen LogP contribution in [0.2, 0.25) is 0 Å². The SMILES string of the molecule is CO[C@@H](CO)[C@H]1O[C@H](O)[C@H](O)[C@H]1O. The molecule has 0 spiro atoms. The van der Waals surface area contributed by atoms with E-state index in [0.717, 1.165) is 0 Å². The Morgan fingerprint density at radius 2 is 1.92 bits per heavy atom. The molecule has 1 aliphatic heterocycles. The van der Waals surface area contributed by atoms with Gasteiger partial charge < -0.3 is 29.9 Å². The van der Waals surface area contributed by atoms with E-state index in [4.69, 9.17) is 24.8 Å². The molecular weight excluding hydrogens is 180 g/mol. The van der Waals surface area contributed by atoms with Gasteiger partial charge in [0.25, 0.3) is 0 Å². The lowest BCUT2D eigenvalue weighted by Gasteiger charge is -2.21. The molecule has 0 aromatic heterocycles. The van der Waals surface area contributed by atoms with Gasteiger partial charge in [0.15, 0.2) is 6.29 Å². The second-order valence-electron chi connectivity index (χ2n) is 2.93. The van der Waals surface area contributed by atoms with E-state index in [2.05, 4.69) is 0 Å². The van der Waals surface area contributed by atoms with Crippen LogP contribution >= 0.6 is 0 Å². The van der Waals surface area contributed by atoms with Gasteiger partial charge in [-0.3, -0.25) is 0 Å². The van der Waals surface area contributed by atoms with Crippen molar-refractivity contribution in [2.75, 3.05) is 13.7 Å². The predicted molar refractivity (Wildman–Crippen MR) is 40.8 cm³/mol. The molecule has 0 aromatic carbocycles. The van der Waals surface area contributed by atoms with Crippen LogP contribution in [0, 0.1) is 0 Å². The number of rotatable bonds is 3. The summed E-state index contributed by atoms with van der Waals surface area (Å²) in [5.74, 6) is 0. The standard InChI is InChI=1S/C7H14O6/c1-12-3(2-8)6-4(9)5(10)7(11)13-6/h3-11H,2H2,1H3/t3-,4+,5+,6+,7-/m0/s1. The number of hydrogen-bond donors (Lipinski definition) is 4. The van der Waals surface area contributed by atoms with Crippen molar-refractivity contribution in [3.05, 3.63) is 0 Å². The molecule has 6 nitrogen and oxygen atoms in total. The number of hydrogen-bond acceptors (Lipinski definition) is 6. The van der Waals surface area contributed by atoms with E-state index in [1.807, 2.05) is 0 Å². The molecule has 0 saturated carbocycles. The third-order valence-corrected chi connectivity index (χ3v) is 2.12. The van der Waals surface area contributed by atoms with Crippen molar-refractivity contribution in [3.8, 4) is 0 Å². The molecule has 1 aliphatic rings. The van der Waals surface area contributed by atoms with Crippen molar-refractivity contribution in [1.29, 1.82) is 0 Å². The largest absolute Gasteiger partial charge is 0.394 e. The van der Waals surface area contributed by atoms with Crippen molar-refractivity contribution in [3.63, 3.8) is 0 Å². The Morgan fingerprint density at radius 3 is 2.23 bits per heavy atom. The highest BCUT2D eigenvalue weighted by molar-refractivity contribution is 4.90. The summed E-state index contributed by atoms with van der Waals surface area (Å²) in [6.45, 7) is -0.350. The molecule has 1 fully saturated rings. The van der Waals surface area contributed by atoms with E-state index in [0.29, 0.717) is 0 Å². The highest BCUT2D eigenvalue weighted by Crippen LogP contribution is 2.23. The van der Waals surface area contributed by atoms with Gasteiger partial charge in [0, 0.05) is 7.11 Å². The quantitative estimate of drug-likeness (QED) is 0.394. The lowest BCUT2D eigenvalue weighted by Crippen LogP contribution is -2.41. The van der Waals surface area contributed by atoms with Crippen LogP contribution in [0.4, 0.5) is 0 Å². The van der Waals surface area contributed by atoms with Gasteiger partial charge in [0.05, 0.1) is 6.61 Å². The Labute approximate surface area is 75.3 Å². The third-order valence-electron chi connectivity index (χ3n) is 2.12. The number of aliphatic hydroxyl groups excluding tert-OH is 4. The minimum Gasteiger partial charge on any atom is -0.394 e. The van der Waals surface area contributed by atoms with Crippen molar-refractivity contribution in [1.82, 2.24) is 0 Å². The maximum Gasteiger partial charge on any atom is 0.184 e. The molecule has 4 N–H and O–H groups in total. The molecule has 78 valence electrons. The van der Waals surface area contributed by atoms with E-state index in [9.17, 15) is 5.11 Å². The maximum absolute atomic E-state index is 9.33. The van der Waals surface area contributed by atoms with Crippen molar-refractivity contribution < 1.29 is 29.9 Å². The number of aliphatic hydroxyl groups is 4. The predicted octanol–water partition coefficient (Wildman–Crippen LogP) is -2.57. The topological polar surface area (TPSA) is 99.4 Å². The zero-order chi connectivity index (χ0) is 10.0. The molecule has 13 heavy (non-hydrogen) atoms. The Morgan fingerprint density at radius 1 is 1.31 bits per heavy atom. The monoisotopic (exact) mass is 194 g/mol. The summed E-state index contributed by atoms with van der Waals surface area (Å²) < 4.78 is 9.59. The van der Waals surface area contributed by atoms with E-state index in [-0.39, 0.29) is 6.61 Å². The molecule has 0 radical (unpaired) electrons. The molecule has 0 aromatic rings. The molecule has 0 bridgehead atoms. The van der Waals surface area contributed by atoms with Crippen molar-refractivity contribution >= 4 is 0 Å². The Bertz CT molecular complexity index is 157. The van der Waals surface area contributed by atoms with Crippen LogP contribution in [-0.2, 0) is 9.47 Å². The molecule has 6 heteroatoms. The minimum absolute atomic E-state index is 0.350. The summed E-state index contributed by atoms with van der Waals surface area (Å²) in [6.07, 6.45) is -5.67. The van der Waals surface area contributed by atoms with Crippen LogP contribution in [0.25, 0.3) is 0 Å². The van der Waals surface area contributed by atoms with Gasteiger partial charge in [-0.15, -0.1) is 0 Å². The first-order valence-electron chi connectivity index (χ1n) is 3.95.